The first-order valence-electron chi connectivity index (χ1n) is 7.89. The van der Waals surface area contributed by atoms with Gasteiger partial charge in [0.15, 0.2) is 0 Å². The fraction of sp³-hybridized carbons (Fsp3) is 0.875. The second-order valence-corrected chi connectivity index (χ2v) is 36.8. The summed E-state index contributed by atoms with van der Waals surface area (Å²) >= 11 is -3.53. The predicted molar refractivity (Wildman–Crippen MR) is 92.8 cm³/mol. The molecule has 0 unspecified atom stereocenters. The van der Waals surface area contributed by atoms with Crippen LogP contribution in [0, 0.1) is 0 Å². The van der Waals surface area contributed by atoms with Crippen molar-refractivity contribution < 1.29 is 0 Å². The van der Waals surface area contributed by atoms with Gasteiger partial charge in [-0.15, -0.1) is 0 Å². The van der Waals surface area contributed by atoms with E-state index in [0.29, 0.717) is 0 Å². The third-order valence-electron chi connectivity index (χ3n) is 3.37. The van der Waals surface area contributed by atoms with Gasteiger partial charge in [0.2, 0.25) is 0 Å². The van der Waals surface area contributed by atoms with Crippen LogP contribution in [0.5, 0.6) is 0 Å². The SMILES string of the molecule is CCCCCCCC/[C](=[CH]\[Sn]([CH3])([CH3])[CH3])[Sn]([CH3])([CH3])[CH3]. The number of rotatable bonds is 9. The molecule has 0 spiro atoms. The summed E-state index contributed by atoms with van der Waals surface area (Å²) in [6.07, 6.45) is 10.0. The molecule has 0 heterocycles. The minimum atomic E-state index is -1.80. The monoisotopic (exact) mass is 468 g/mol. The van der Waals surface area contributed by atoms with E-state index in [-0.39, 0.29) is 0 Å². The maximum absolute atomic E-state index is 2.80. The quantitative estimate of drug-likeness (QED) is 0.272. The average molecular weight is 466 g/mol. The van der Waals surface area contributed by atoms with E-state index in [0.717, 1.165) is 0 Å². The molecular formula is C16H36Sn2. The summed E-state index contributed by atoms with van der Waals surface area (Å²) in [6.45, 7) is 2.30. The number of unbranched alkanes of at least 4 members (excludes halogenated alkanes) is 5. The van der Waals surface area contributed by atoms with E-state index in [1.165, 1.54) is 44.9 Å². The van der Waals surface area contributed by atoms with Gasteiger partial charge in [-0.1, -0.05) is 0 Å². The van der Waals surface area contributed by atoms with Crippen LogP contribution in [0.25, 0.3) is 0 Å². The second-order valence-electron chi connectivity index (χ2n) is 7.80. The van der Waals surface area contributed by atoms with Crippen molar-refractivity contribution in [2.75, 3.05) is 0 Å². The molecule has 0 aliphatic rings. The van der Waals surface area contributed by atoms with Crippen LogP contribution in [-0.2, 0) is 0 Å². The van der Waals surface area contributed by atoms with Crippen LogP contribution in [0.2, 0.25) is 29.6 Å². The number of allylic oxidation sites excluding steroid dienone is 1. The Kier molecular flexibility index (Phi) is 10.00. The molecule has 108 valence electrons. The summed E-state index contributed by atoms with van der Waals surface area (Å²) in [5, 5.41) is 0. The summed E-state index contributed by atoms with van der Waals surface area (Å²) in [6, 6.07) is 0. The van der Waals surface area contributed by atoms with E-state index in [1.54, 1.807) is 0 Å². The normalized spacial score (nSPS) is 14.1. The van der Waals surface area contributed by atoms with Crippen molar-refractivity contribution in [1.82, 2.24) is 0 Å². The van der Waals surface area contributed by atoms with Crippen LogP contribution in [0.1, 0.15) is 51.9 Å². The first kappa shape index (κ1) is 19.3. The van der Waals surface area contributed by atoms with Gasteiger partial charge in [0.1, 0.15) is 0 Å². The Balaban J connectivity index is 4.17. The minimum absolute atomic E-state index is 1.36. The Hall–Kier alpha value is 1.34. The number of hydrogen-bond acceptors (Lipinski definition) is 0. The van der Waals surface area contributed by atoms with E-state index in [1.807, 2.05) is 3.59 Å². The Labute approximate surface area is 125 Å². The van der Waals surface area contributed by atoms with Gasteiger partial charge in [0, 0.05) is 0 Å². The average Bonchev–Trinajstić information content (AvgIpc) is 2.18. The molecule has 0 radical (unpaired) electrons. The summed E-state index contributed by atoms with van der Waals surface area (Å²) in [4.78, 5) is 15.4. The Morgan fingerprint density at radius 2 is 1.28 bits per heavy atom. The van der Waals surface area contributed by atoms with Gasteiger partial charge < -0.3 is 0 Å². The van der Waals surface area contributed by atoms with Gasteiger partial charge in [0.25, 0.3) is 0 Å². The molecule has 0 saturated carbocycles. The van der Waals surface area contributed by atoms with E-state index < -0.39 is 36.8 Å². The first-order chi connectivity index (χ1) is 8.17. The Morgan fingerprint density at radius 1 is 0.778 bits per heavy atom. The predicted octanol–water partition coefficient (Wildman–Crippen LogP) is 6.42. The van der Waals surface area contributed by atoms with Crippen molar-refractivity contribution >= 4 is 36.8 Å². The standard InChI is InChI=1S/C10H18.6CH3.2Sn/c1-3-5-7-9-10-8-6-4-2;;;;;;;;/h1H,4-10H2,2H3;6*1H3;;. The maximum atomic E-state index is 2.80. The van der Waals surface area contributed by atoms with Crippen LogP contribution in [0.4, 0.5) is 0 Å². The van der Waals surface area contributed by atoms with Crippen molar-refractivity contribution in [3.05, 3.63) is 7.68 Å². The van der Waals surface area contributed by atoms with E-state index >= 15 is 0 Å². The molecule has 0 aromatic carbocycles. The molecule has 0 fully saturated rings. The Morgan fingerprint density at radius 3 is 1.72 bits per heavy atom. The van der Waals surface area contributed by atoms with Crippen molar-refractivity contribution in [2.45, 2.75) is 81.5 Å². The summed E-state index contributed by atoms with van der Waals surface area (Å²) in [7, 11) is 0. The summed E-state index contributed by atoms with van der Waals surface area (Å²) in [5.41, 5.74) is 0. The fourth-order valence-corrected chi connectivity index (χ4v) is 26.1. The van der Waals surface area contributed by atoms with Gasteiger partial charge in [0.05, 0.1) is 0 Å². The molecule has 0 saturated heterocycles. The first-order valence-corrected chi connectivity index (χ1v) is 28.1. The van der Waals surface area contributed by atoms with Gasteiger partial charge in [-0.25, -0.2) is 0 Å². The molecule has 0 amide bonds. The zero-order valence-electron chi connectivity index (χ0n) is 14.0. The molecular weight excluding hydrogens is 430 g/mol. The molecule has 0 bridgehead atoms. The van der Waals surface area contributed by atoms with Crippen LogP contribution in [-0.4, -0.2) is 36.8 Å². The van der Waals surface area contributed by atoms with Crippen LogP contribution >= 0.6 is 0 Å². The van der Waals surface area contributed by atoms with Crippen LogP contribution < -0.4 is 0 Å². The third-order valence-corrected chi connectivity index (χ3v) is 15.8. The molecule has 0 aliphatic heterocycles. The molecule has 0 atom stereocenters. The molecule has 0 aliphatic carbocycles. The van der Waals surface area contributed by atoms with Gasteiger partial charge >= 0.3 is 126 Å². The Bertz CT molecular complexity index is 241. The molecule has 0 aromatic rings. The zero-order valence-corrected chi connectivity index (χ0v) is 19.7. The molecule has 18 heavy (non-hydrogen) atoms. The third kappa shape index (κ3) is 11.2. The van der Waals surface area contributed by atoms with Crippen molar-refractivity contribution in [1.29, 1.82) is 0 Å². The van der Waals surface area contributed by atoms with E-state index in [4.69, 9.17) is 0 Å². The summed E-state index contributed by atoms with van der Waals surface area (Å²) in [5.74, 6) is 0. The zero-order chi connectivity index (χ0) is 14.2. The van der Waals surface area contributed by atoms with Crippen molar-refractivity contribution in [3.8, 4) is 0 Å². The fourth-order valence-electron chi connectivity index (χ4n) is 2.28. The second kappa shape index (κ2) is 9.31. The van der Waals surface area contributed by atoms with Crippen LogP contribution in [0.15, 0.2) is 7.68 Å². The van der Waals surface area contributed by atoms with Crippen molar-refractivity contribution in [2.24, 2.45) is 0 Å². The van der Waals surface area contributed by atoms with Gasteiger partial charge in [-0.2, -0.15) is 0 Å². The molecule has 0 aromatic heterocycles. The molecule has 0 N–H and O–H groups in total. The van der Waals surface area contributed by atoms with Gasteiger partial charge in [-0.3, -0.25) is 0 Å². The molecule has 2 heteroatoms. The van der Waals surface area contributed by atoms with E-state index in [9.17, 15) is 0 Å². The molecule has 0 rings (SSSR count). The number of hydrogen-bond donors (Lipinski definition) is 0. The van der Waals surface area contributed by atoms with Gasteiger partial charge in [-0.05, 0) is 0 Å². The topological polar surface area (TPSA) is 0 Å². The van der Waals surface area contributed by atoms with Crippen molar-refractivity contribution in [3.63, 3.8) is 0 Å². The molecule has 0 nitrogen and oxygen atoms in total. The van der Waals surface area contributed by atoms with Crippen LogP contribution in [0.3, 0.4) is 0 Å². The van der Waals surface area contributed by atoms with E-state index in [2.05, 4.69) is 40.7 Å². The summed E-state index contributed by atoms with van der Waals surface area (Å²) < 4.78 is 4.75.